The quantitative estimate of drug-likeness (QED) is 0.476. The molecule has 8 heteroatoms. The van der Waals surface area contributed by atoms with E-state index in [-0.39, 0.29) is 17.1 Å². The lowest BCUT2D eigenvalue weighted by Crippen LogP contribution is -2.25. The first-order valence-electron chi connectivity index (χ1n) is 10.1. The number of nitrogens with one attached hydrogen (secondary N) is 1. The number of nitrogens with zero attached hydrogens (tertiary/aromatic N) is 4. The van der Waals surface area contributed by atoms with Gasteiger partial charge in [0.05, 0.1) is 5.69 Å². The van der Waals surface area contributed by atoms with Gasteiger partial charge in [-0.1, -0.05) is 36.4 Å². The van der Waals surface area contributed by atoms with Gasteiger partial charge in [0, 0.05) is 31.8 Å². The molecule has 0 aliphatic rings. The Bertz CT molecular complexity index is 1250. The molecule has 2 aromatic carbocycles. The highest BCUT2D eigenvalue weighted by Crippen LogP contribution is 2.10. The van der Waals surface area contributed by atoms with Crippen molar-refractivity contribution >= 4 is 11.6 Å². The molecule has 1 N–H and O–H groups in total. The van der Waals surface area contributed by atoms with Crippen molar-refractivity contribution in [3.63, 3.8) is 0 Å². The summed E-state index contributed by atoms with van der Waals surface area (Å²) in [5.41, 5.74) is 1.38. The van der Waals surface area contributed by atoms with E-state index >= 15 is 0 Å². The lowest BCUT2D eigenvalue weighted by molar-refractivity contribution is -0.121. The first-order valence-corrected chi connectivity index (χ1v) is 10.1. The Balaban J connectivity index is 1.34. The monoisotopic (exact) mass is 419 g/mol. The first-order chi connectivity index (χ1) is 15.1. The van der Waals surface area contributed by atoms with Crippen molar-refractivity contribution in [3.05, 3.63) is 94.5 Å². The van der Waals surface area contributed by atoms with Gasteiger partial charge in [0.2, 0.25) is 11.6 Å². The highest BCUT2D eigenvalue weighted by atomic mass is 19.1. The minimum absolute atomic E-state index is 0.0155. The van der Waals surface area contributed by atoms with Gasteiger partial charge in [0.25, 0.3) is 0 Å². The van der Waals surface area contributed by atoms with Crippen LogP contribution in [0.4, 0.5) is 4.39 Å². The lowest BCUT2D eigenvalue weighted by Gasteiger charge is -2.07. The van der Waals surface area contributed by atoms with Gasteiger partial charge in [-0.25, -0.2) is 4.39 Å². The maximum atomic E-state index is 13.5. The molecule has 4 aromatic rings. The van der Waals surface area contributed by atoms with E-state index in [0.717, 1.165) is 6.42 Å². The molecule has 2 aromatic heterocycles. The standard InChI is InChI=1S/C23H22FN5O2/c24-18-8-4-9-19(16-18)28-14-15-29-20(26-27-22(29)23(28)31)10-5-11-21(30)25-13-12-17-6-2-1-3-7-17/h1-4,6-9,14-16H,5,10-13H2,(H,25,30). The van der Waals surface area contributed by atoms with Crippen molar-refractivity contribution in [2.24, 2.45) is 0 Å². The van der Waals surface area contributed by atoms with Crippen LogP contribution in [-0.2, 0) is 17.6 Å². The number of fused-ring (bicyclic) bond motifs is 1. The Hall–Kier alpha value is -3.81. The summed E-state index contributed by atoms with van der Waals surface area (Å²) in [5, 5.41) is 11.0. The summed E-state index contributed by atoms with van der Waals surface area (Å²) < 4.78 is 16.4. The van der Waals surface area contributed by atoms with Gasteiger partial charge in [-0.05, 0) is 36.6 Å². The Morgan fingerprint density at radius 2 is 1.84 bits per heavy atom. The Labute approximate surface area is 178 Å². The van der Waals surface area contributed by atoms with Crippen LogP contribution >= 0.6 is 0 Å². The van der Waals surface area contributed by atoms with E-state index < -0.39 is 5.82 Å². The smallest absolute Gasteiger partial charge is 0.300 e. The zero-order valence-electron chi connectivity index (χ0n) is 16.9. The van der Waals surface area contributed by atoms with Crippen molar-refractivity contribution in [1.82, 2.24) is 24.5 Å². The number of halogens is 1. The zero-order valence-corrected chi connectivity index (χ0v) is 16.9. The van der Waals surface area contributed by atoms with Crippen molar-refractivity contribution < 1.29 is 9.18 Å². The van der Waals surface area contributed by atoms with Gasteiger partial charge in [0.15, 0.2) is 0 Å². The number of carbonyl (C=O) groups excluding carboxylic acids is 1. The molecule has 0 saturated carbocycles. The van der Waals surface area contributed by atoms with Crippen LogP contribution in [0.15, 0.2) is 71.8 Å². The minimum Gasteiger partial charge on any atom is -0.356 e. The molecule has 4 rings (SSSR count). The summed E-state index contributed by atoms with van der Waals surface area (Å²) in [4.78, 5) is 24.8. The van der Waals surface area contributed by atoms with Crippen molar-refractivity contribution in [1.29, 1.82) is 0 Å². The summed E-state index contributed by atoms with van der Waals surface area (Å²) in [6, 6.07) is 15.8. The molecule has 158 valence electrons. The van der Waals surface area contributed by atoms with Crippen molar-refractivity contribution in [3.8, 4) is 5.69 Å². The fraction of sp³-hybridized carbons (Fsp3) is 0.217. The van der Waals surface area contributed by atoms with Gasteiger partial charge in [-0.3, -0.25) is 18.6 Å². The molecule has 0 aliphatic carbocycles. The molecular weight excluding hydrogens is 397 g/mol. The fourth-order valence-electron chi connectivity index (χ4n) is 3.42. The van der Waals surface area contributed by atoms with Crippen LogP contribution in [-0.4, -0.2) is 31.6 Å². The average Bonchev–Trinajstić information content (AvgIpc) is 3.19. The Morgan fingerprint density at radius 1 is 1.00 bits per heavy atom. The number of hydrogen-bond donors (Lipinski definition) is 1. The van der Waals surface area contributed by atoms with Gasteiger partial charge in [0.1, 0.15) is 11.6 Å². The minimum atomic E-state index is -0.423. The third-order valence-corrected chi connectivity index (χ3v) is 5.01. The predicted octanol–water partition coefficient (Wildman–Crippen LogP) is 2.70. The molecule has 0 aliphatic heterocycles. The molecule has 0 bridgehead atoms. The molecule has 0 fully saturated rings. The number of benzene rings is 2. The molecule has 0 unspecified atom stereocenters. The Morgan fingerprint density at radius 3 is 2.65 bits per heavy atom. The second-order valence-corrected chi connectivity index (χ2v) is 7.20. The van der Waals surface area contributed by atoms with E-state index in [0.29, 0.717) is 37.3 Å². The van der Waals surface area contributed by atoms with Gasteiger partial charge in [-0.2, -0.15) is 0 Å². The third kappa shape index (κ3) is 4.85. The maximum absolute atomic E-state index is 13.5. The van der Waals surface area contributed by atoms with Crippen molar-refractivity contribution in [2.75, 3.05) is 6.54 Å². The van der Waals surface area contributed by atoms with E-state index in [2.05, 4.69) is 15.5 Å². The summed E-state index contributed by atoms with van der Waals surface area (Å²) in [6.45, 7) is 0.594. The van der Waals surface area contributed by atoms with Crippen LogP contribution in [0, 0.1) is 5.82 Å². The van der Waals surface area contributed by atoms with Crippen LogP contribution in [0.25, 0.3) is 11.3 Å². The fourth-order valence-corrected chi connectivity index (χ4v) is 3.42. The van der Waals surface area contributed by atoms with Gasteiger partial charge in [-0.15, -0.1) is 10.2 Å². The summed E-state index contributed by atoms with van der Waals surface area (Å²) in [7, 11) is 0. The van der Waals surface area contributed by atoms with E-state index in [1.165, 1.54) is 22.3 Å². The number of carbonyl (C=O) groups is 1. The molecule has 0 atom stereocenters. The second kappa shape index (κ2) is 9.34. The van der Waals surface area contributed by atoms with Gasteiger partial charge >= 0.3 is 5.56 Å². The lowest BCUT2D eigenvalue weighted by atomic mass is 10.1. The van der Waals surface area contributed by atoms with Crippen LogP contribution in [0.5, 0.6) is 0 Å². The highest BCUT2D eigenvalue weighted by molar-refractivity contribution is 5.75. The number of aryl methyl sites for hydroxylation is 1. The summed E-state index contributed by atoms with van der Waals surface area (Å²) >= 11 is 0. The molecular formula is C23H22FN5O2. The van der Waals surface area contributed by atoms with Crippen LogP contribution in [0.2, 0.25) is 0 Å². The molecule has 2 heterocycles. The maximum Gasteiger partial charge on any atom is 0.300 e. The predicted molar refractivity (Wildman–Crippen MR) is 115 cm³/mol. The molecule has 0 radical (unpaired) electrons. The number of hydrogen-bond acceptors (Lipinski definition) is 4. The van der Waals surface area contributed by atoms with E-state index in [1.807, 2.05) is 30.3 Å². The number of aromatic nitrogens is 4. The van der Waals surface area contributed by atoms with Crippen molar-refractivity contribution in [2.45, 2.75) is 25.7 Å². The average molecular weight is 419 g/mol. The van der Waals surface area contributed by atoms with Gasteiger partial charge < -0.3 is 5.32 Å². The highest BCUT2D eigenvalue weighted by Gasteiger charge is 2.12. The normalized spacial score (nSPS) is 11.0. The van der Waals surface area contributed by atoms with E-state index in [9.17, 15) is 14.0 Å². The molecule has 31 heavy (non-hydrogen) atoms. The van der Waals surface area contributed by atoms with Crippen LogP contribution in [0.1, 0.15) is 24.2 Å². The molecule has 0 saturated heterocycles. The third-order valence-electron chi connectivity index (χ3n) is 5.01. The first kappa shape index (κ1) is 20.5. The SMILES string of the molecule is O=C(CCCc1nnc2c(=O)n(-c3cccc(F)c3)ccn12)NCCc1ccccc1. The van der Waals surface area contributed by atoms with E-state index in [4.69, 9.17) is 0 Å². The second-order valence-electron chi connectivity index (χ2n) is 7.20. The number of amides is 1. The number of rotatable bonds is 8. The van der Waals surface area contributed by atoms with Crippen LogP contribution in [0.3, 0.4) is 0 Å². The molecule has 7 nitrogen and oxygen atoms in total. The largest absolute Gasteiger partial charge is 0.356 e. The topological polar surface area (TPSA) is 81.3 Å². The summed E-state index contributed by atoms with van der Waals surface area (Å²) in [5.74, 6) is 0.169. The Kier molecular flexibility index (Phi) is 6.16. The molecule has 0 spiro atoms. The zero-order chi connectivity index (χ0) is 21.6. The summed E-state index contributed by atoms with van der Waals surface area (Å²) in [6.07, 6.45) is 5.49. The molecule has 1 amide bonds. The van der Waals surface area contributed by atoms with Crippen LogP contribution < -0.4 is 10.9 Å². The van der Waals surface area contributed by atoms with E-state index in [1.54, 1.807) is 28.9 Å².